The van der Waals surface area contributed by atoms with Gasteiger partial charge in [-0.2, -0.15) is 0 Å². The lowest BCUT2D eigenvalue weighted by atomic mass is 10.0. The van der Waals surface area contributed by atoms with Crippen LogP contribution >= 0.6 is 0 Å². The minimum absolute atomic E-state index is 0.0321. The second-order valence-corrected chi connectivity index (χ2v) is 3.66. The van der Waals surface area contributed by atoms with Gasteiger partial charge in [0.2, 0.25) is 0 Å². The molecule has 0 aliphatic heterocycles. The molecule has 18 heavy (non-hydrogen) atoms. The van der Waals surface area contributed by atoms with E-state index in [0.29, 0.717) is 0 Å². The van der Waals surface area contributed by atoms with Crippen molar-refractivity contribution in [3.63, 3.8) is 0 Å². The maximum atomic E-state index is 9.73. The second-order valence-electron chi connectivity index (χ2n) is 3.66. The van der Waals surface area contributed by atoms with Crippen LogP contribution in [0.3, 0.4) is 0 Å². The van der Waals surface area contributed by atoms with Crippen LogP contribution in [0.25, 0.3) is 0 Å². The molecule has 0 radical (unpaired) electrons. The van der Waals surface area contributed by atoms with Gasteiger partial charge in [-0.15, -0.1) is 0 Å². The van der Waals surface area contributed by atoms with Crippen LogP contribution in [0.5, 0.6) is 0 Å². The summed E-state index contributed by atoms with van der Waals surface area (Å²) in [6.07, 6.45) is -5.58. The molecular formula is C10H22O8. The molecule has 0 bridgehead atoms. The predicted octanol–water partition coefficient (Wildman–Crippen LogP) is -3.55. The van der Waals surface area contributed by atoms with E-state index in [0.717, 1.165) is 0 Å². The highest BCUT2D eigenvalue weighted by Gasteiger charge is 2.31. The molecule has 4 atom stereocenters. The summed E-state index contributed by atoms with van der Waals surface area (Å²) in [7, 11) is 0. The van der Waals surface area contributed by atoms with Gasteiger partial charge in [0.05, 0.1) is 39.6 Å². The summed E-state index contributed by atoms with van der Waals surface area (Å²) in [4.78, 5) is 0. The highest BCUT2D eigenvalue weighted by Crippen LogP contribution is 2.09. The molecule has 0 saturated carbocycles. The molecule has 0 aliphatic rings. The molecule has 0 saturated heterocycles. The van der Waals surface area contributed by atoms with Crippen molar-refractivity contribution < 1.29 is 40.1 Å². The average Bonchev–Trinajstić information content (AvgIpc) is 2.40. The molecule has 0 spiro atoms. The van der Waals surface area contributed by atoms with E-state index >= 15 is 0 Å². The quantitative estimate of drug-likeness (QED) is 0.212. The number of hydrogen-bond donors (Lipinski definition) is 6. The van der Waals surface area contributed by atoms with Gasteiger partial charge < -0.3 is 40.1 Å². The van der Waals surface area contributed by atoms with Gasteiger partial charge in [0.1, 0.15) is 24.4 Å². The van der Waals surface area contributed by atoms with E-state index < -0.39 is 31.0 Å². The first-order chi connectivity index (χ1) is 8.58. The van der Waals surface area contributed by atoms with E-state index in [1.807, 2.05) is 0 Å². The maximum Gasteiger partial charge on any atom is 0.111 e. The van der Waals surface area contributed by atoms with Gasteiger partial charge in [-0.1, -0.05) is 0 Å². The molecule has 0 heterocycles. The van der Waals surface area contributed by atoms with Crippen molar-refractivity contribution in [2.24, 2.45) is 0 Å². The van der Waals surface area contributed by atoms with Crippen LogP contribution in [0, 0.1) is 0 Å². The summed E-state index contributed by atoms with van der Waals surface area (Å²) in [5, 5.41) is 54.3. The Morgan fingerprint density at radius 3 is 1.94 bits per heavy atom. The molecule has 0 aromatic rings. The standard InChI is InChI=1S/C10H22O8/c11-1-3-17-6-8(18-4-2-12)10(16)9(15)7(14)5-13/h7-16H,1-6H2/t7-,8-,9-,10-/m1/s1. The lowest BCUT2D eigenvalue weighted by Crippen LogP contribution is -2.48. The van der Waals surface area contributed by atoms with Crippen LogP contribution < -0.4 is 0 Å². The van der Waals surface area contributed by atoms with Gasteiger partial charge in [0.15, 0.2) is 0 Å². The highest BCUT2D eigenvalue weighted by molar-refractivity contribution is 4.81. The normalized spacial score (nSPS) is 18.3. The van der Waals surface area contributed by atoms with Crippen LogP contribution in [0.1, 0.15) is 0 Å². The first kappa shape index (κ1) is 17.7. The van der Waals surface area contributed by atoms with E-state index in [9.17, 15) is 15.3 Å². The summed E-state index contributed by atoms with van der Waals surface area (Å²) >= 11 is 0. The largest absolute Gasteiger partial charge is 0.394 e. The van der Waals surface area contributed by atoms with E-state index in [2.05, 4.69) is 0 Å². The lowest BCUT2D eigenvalue weighted by molar-refractivity contribution is -0.150. The fourth-order valence-corrected chi connectivity index (χ4v) is 1.27. The molecule has 0 aromatic carbocycles. The number of aliphatic hydroxyl groups is 6. The Labute approximate surface area is 105 Å². The third kappa shape index (κ3) is 6.57. The van der Waals surface area contributed by atoms with Gasteiger partial charge in [0.25, 0.3) is 0 Å². The van der Waals surface area contributed by atoms with Crippen LogP contribution in [0.2, 0.25) is 0 Å². The Morgan fingerprint density at radius 1 is 0.833 bits per heavy atom. The summed E-state index contributed by atoms with van der Waals surface area (Å²) in [5.74, 6) is 0. The monoisotopic (exact) mass is 270 g/mol. The number of aliphatic hydroxyl groups excluding tert-OH is 6. The second kappa shape index (κ2) is 10.6. The van der Waals surface area contributed by atoms with Crippen molar-refractivity contribution in [2.75, 3.05) is 39.6 Å². The van der Waals surface area contributed by atoms with Crippen molar-refractivity contribution in [2.45, 2.75) is 24.4 Å². The zero-order valence-corrected chi connectivity index (χ0v) is 10.1. The number of rotatable bonds is 11. The van der Waals surface area contributed by atoms with E-state index in [4.69, 9.17) is 24.8 Å². The molecule has 0 fully saturated rings. The summed E-state index contributed by atoms with van der Waals surface area (Å²) in [6, 6.07) is 0. The molecule has 0 aliphatic carbocycles. The van der Waals surface area contributed by atoms with Gasteiger partial charge in [0, 0.05) is 0 Å². The number of ether oxygens (including phenoxy) is 2. The molecule has 0 unspecified atom stereocenters. The van der Waals surface area contributed by atoms with Crippen LogP contribution in [-0.4, -0.2) is 94.7 Å². The Balaban J connectivity index is 4.31. The van der Waals surface area contributed by atoms with Crippen LogP contribution in [0.15, 0.2) is 0 Å². The average molecular weight is 270 g/mol. The fourth-order valence-electron chi connectivity index (χ4n) is 1.27. The molecule has 0 aromatic heterocycles. The summed E-state index contributed by atoms with van der Waals surface area (Å²) in [6.45, 7) is -1.36. The fraction of sp³-hybridized carbons (Fsp3) is 1.00. The Kier molecular flexibility index (Phi) is 10.4. The van der Waals surface area contributed by atoms with Gasteiger partial charge in [-0.3, -0.25) is 0 Å². The zero-order valence-electron chi connectivity index (χ0n) is 10.1. The topological polar surface area (TPSA) is 140 Å². The third-order valence-corrected chi connectivity index (χ3v) is 2.25. The zero-order chi connectivity index (χ0) is 14.0. The summed E-state index contributed by atoms with van der Waals surface area (Å²) < 4.78 is 10.0. The van der Waals surface area contributed by atoms with Crippen LogP contribution in [-0.2, 0) is 9.47 Å². The number of hydrogen-bond acceptors (Lipinski definition) is 8. The maximum absolute atomic E-state index is 9.73. The van der Waals surface area contributed by atoms with Gasteiger partial charge in [-0.05, 0) is 0 Å². The smallest absolute Gasteiger partial charge is 0.111 e. The van der Waals surface area contributed by atoms with Crippen molar-refractivity contribution in [1.29, 1.82) is 0 Å². The molecule has 0 amide bonds. The molecule has 8 nitrogen and oxygen atoms in total. The first-order valence-electron chi connectivity index (χ1n) is 5.64. The van der Waals surface area contributed by atoms with E-state index in [1.165, 1.54) is 0 Å². The molecular weight excluding hydrogens is 248 g/mol. The van der Waals surface area contributed by atoms with E-state index in [-0.39, 0.29) is 33.0 Å². The van der Waals surface area contributed by atoms with Crippen molar-refractivity contribution >= 4 is 0 Å². The van der Waals surface area contributed by atoms with Crippen molar-refractivity contribution in [3.05, 3.63) is 0 Å². The predicted molar refractivity (Wildman–Crippen MR) is 59.8 cm³/mol. The SMILES string of the molecule is OCCOC[C@@H](OCCO)[C@@H](O)[C@H](O)[C@H](O)CO. The van der Waals surface area contributed by atoms with E-state index in [1.54, 1.807) is 0 Å². The Hall–Kier alpha value is -0.320. The summed E-state index contributed by atoms with van der Waals surface area (Å²) in [5.41, 5.74) is 0. The molecule has 110 valence electrons. The van der Waals surface area contributed by atoms with Gasteiger partial charge in [-0.25, -0.2) is 0 Å². The molecule has 8 heteroatoms. The minimum Gasteiger partial charge on any atom is -0.394 e. The molecule has 6 N–H and O–H groups in total. The van der Waals surface area contributed by atoms with Crippen LogP contribution in [0.4, 0.5) is 0 Å². The van der Waals surface area contributed by atoms with Crippen molar-refractivity contribution in [1.82, 2.24) is 0 Å². The minimum atomic E-state index is -1.60. The van der Waals surface area contributed by atoms with Gasteiger partial charge >= 0.3 is 0 Å². The molecule has 0 rings (SSSR count). The Bertz CT molecular complexity index is 191. The lowest BCUT2D eigenvalue weighted by Gasteiger charge is -2.28. The highest BCUT2D eigenvalue weighted by atomic mass is 16.5. The Morgan fingerprint density at radius 2 is 1.44 bits per heavy atom. The first-order valence-corrected chi connectivity index (χ1v) is 5.64. The van der Waals surface area contributed by atoms with Crippen molar-refractivity contribution in [3.8, 4) is 0 Å². The third-order valence-electron chi connectivity index (χ3n) is 2.25.